The van der Waals surface area contributed by atoms with Gasteiger partial charge in [-0.25, -0.2) is 4.98 Å². The Hall–Kier alpha value is -1.60. The van der Waals surface area contributed by atoms with Gasteiger partial charge in [0, 0.05) is 24.2 Å². The highest BCUT2D eigenvalue weighted by Gasteiger charge is 2.13. The summed E-state index contributed by atoms with van der Waals surface area (Å²) in [6.07, 6.45) is 2.41. The van der Waals surface area contributed by atoms with Gasteiger partial charge in [-0.15, -0.1) is 0 Å². The lowest BCUT2D eigenvalue weighted by Gasteiger charge is -2.22. The van der Waals surface area contributed by atoms with E-state index < -0.39 is 0 Å². The first kappa shape index (κ1) is 11.9. The zero-order chi connectivity index (χ0) is 12.1. The number of hydrogen-bond acceptors (Lipinski definition) is 4. The molecule has 0 unspecified atom stereocenters. The van der Waals surface area contributed by atoms with Crippen molar-refractivity contribution in [3.05, 3.63) is 23.4 Å². The van der Waals surface area contributed by atoms with E-state index in [0.717, 1.165) is 18.8 Å². The topological polar surface area (TPSA) is 57.9 Å². The van der Waals surface area contributed by atoms with E-state index in [0.29, 0.717) is 24.0 Å². The van der Waals surface area contributed by atoms with Crippen LogP contribution in [0.2, 0.25) is 0 Å². The molecule has 1 aliphatic rings. The monoisotopic (exact) mass is 231 g/mol. The van der Waals surface area contributed by atoms with E-state index in [4.69, 9.17) is 10.00 Å². The van der Waals surface area contributed by atoms with Crippen molar-refractivity contribution in [2.24, 2.45) is 5.92 Å². The minimum atomic E-state index is 0.552. The molecule has 0 aromatic carbocycles. The van der Waals surface area contributed by atoms with Crippen molar-refractivity contribution >= 4 is 0 Å². The minimum absolute atomic E-state index is 0.552. The molecule has 1 N–H and O–H groups in total. The van der Waals surface area contributed by atoms with Crippen LogP contribution in [-0.4, -0.2) is 24.7 Å². The van der Waals surface area contributed by atoms with Gasteiger partial charge in [0.25, 0.3) is 0 Å². The third kappa shape index (κ3) is 3.43. The van der Waals surface area contributed by atoms with Crippen LogP contribution in [0.3, 0.4) is 0 Å². The zero-order valence-electron chi connectivity index (χ0n) is 10.1. The number of nitriles is 1. The standard InChI is InChI=1S/C13H17N3O/c1-10-5-12(7-14)6-13(16-10)17-9-11-3-2-4-15-8-11/h5-6,11,15H,2-4,8-9H2,1H3/t11-/m0/s1. The maximum Gasteiger partial charge on any atom is 0.214 e. The third-order valence-electron chi connectivity index (χ3n) is 2.92. The lowest BCUT2D eigenvalue weighted by atomic mass is 10.0. The smallest absolute Gasteiger partial charge is 0.214 e. The highest BCUT2D eigenvalue weighted by molar-refractivity contribution is 5.34. The molecule has 17 heavy (non-hydrogen) atoms. The summed E-state index contributed by atoms with van der Waals surface area (Å²) in [4.78, 5) is 4.27. The van der Waals surface area contributed by atoms with Gasteiger partial charge in [0.2, 0.25) is 5.88 Å². The Morgan fingerprint density at radius 3 is 3.18 bits per heavy atom. The van der Waals surface area contributed by atoms with Crippen LogP contribution in [0.5, 0.6) is 5.88 Å². The van der Waals surface area contributed by atoms with Gasteiger partial charge in [-0.05, 0) is 32.4 Å². The first-order chi connectivity index (χ1) is 8.28. The Bertz CT molecular complexity index is 419. The number of rotatable bonds is 3. The zero-order valence-corrected chi connectivity index (χ0v) is 10.1. The van der Waals surface area contributed by atoms with Gasteiger partial charge >= 0.3 is 0 Å². The summed E-state index contributed by atoms with van der Waals surface area (Å²) in [5, 5.41) is 12.2. The number of pyridine rings is 1. The lowest BCUT2D eigenvalue weighted by molar-refractivity contribution is 0.212. The van der Waals surface area contributed by atoms with Crippen molar-refractivity contribution in [2.45, 2.75) is 19.8 Å². The second kappa shape index (κ2) is 5.65. The molecule has 0 spiro atoms. The fourth-order valence-corrected chi connectivity index (χ4v) is 2.05. The number of nitrogens with zero attached hydrogens (tertiary/aromatic N) is 2. The van der Waals surface area contributed by atoms with Crippen molar-refractivity contribution in [1.82, 2.24) is 10.3 Å². The Labute approximate surface area is 102 Å². The molecule has 0 bridgehead atoms. The molecule has 1 aromatic heterocycles. The lowest BCUT2D eigenvalue weighted by Crippen LogP contribution is -2.33. The maximum atomic E-state index is 8.86. The summed E-state index contributed by atoms with van der Waals surface area (Å²) >= 11 is 0. The summed E-state index contributed by atoms with van der Waals surface area (Å²) in [7, 11) is 0. The molecular weight excluding hydrogens is 214 g/mol. The van der Waals surface area contributed by atoms with Gasteiger partial charge in [-0.2, -0.15) is 5.26 Å². The van der Waals surface area contributed by atoms with E-state index in [2.05, 4.69) is 16.4 Å². The van der Waals surface area contributed by atoms with Crippen LogP contribution in [-0.2, 0) is 0 Å². The normalized spacial score (nSPS) is 19.6. The molecule has 1 aromatic rings. The predicted octanol–water partition coefficient (Wildman–Crippen LogP) is 1.64. The predicted molar refractivity (Wildman–Crippen MR) is 64.8 cm³/mol. The van der Waals surface area contributed by atoms with Gasteiger partial charge in [-0.3, -0.25) is 0 Å². The number of aromatic nitrogens is 1. The second-order valence-electron chi connectivity index (χ2n) is 4.47. The molecule has 1 fully saturated rings. The number of piperidine rings is 1. The van der Waals surface area contributed by atoms with Crippen molar-refractivity contribution < 1.29 is 4.74 Å². The van der Waals surface area contributed by atoms with Gasteiger partial charge in [0.15, 0.2) is 0 Å². The van der Waals surface area contributed by atoms with Crippen LogP contribution in [0.4, 0.5) is 0 Å². The van der Waals surface area contributed by atoms with E-state index in [1.54, 1.807) is 12.1 Å². The van der Waals surface area contributed by atoms with Crippen molar-refractivity contribution in [1.29, 1.82) is 5.26 Å². The number of aryl methyl sites for hydroxylation is 1. The molecule has 2 rings (SSSR count). The summed E-state index contributed by atoms with van der Waals surface area (Å²) in [6.45, 7) is 4.67. The Morgan fingerprint density at radius 1 is 1.59 bits per heavy atom. The molecule has 1 aliphatic heterocycles. The Kier molecular flexibility index (Phi) is 3.94. The summed E-state index contributed by atoms with van der Waals surface area (Å²) in [6, 6.07) is 5.57. The SMILES string of the molecule is Cc1cc(C#N)cc(OC[C@H]2CCCNC2)n1. The van der Waals surface area contributed by atoms with Crippen molar-refractivity contribution in [3.63, 3.8) is 0 Å². The maximum absolute atomic E-state index is 8.86. The Balaban J connectivity index is 1.94. The molecule has 1 atom stereocenters. The van der Waals surface area contributed by atoms with Gasteiger partial charge in [0.05, 0.1) is 18.2 Å². The fraction of sp³-hybridized carbons (Fsp3) is 0.538. The number of hydrogen-bond donors (Lipinski definition) is 1. The van der Waals surface area contributed by atoms with E-state index in [1.807, 2.05) is 6.92 Å². The van der Waals surface area contributed by atoms with Crippen molar-refractivity contribution in [2.75, 3.05) is 19.7 Å². The number of nitrogens with one attached hydrogen (secondary N) is 1. The van der Waals surface area contributed by atoms with Crippen LogP contribution in [0, 0.1) is 24.2 Å². The molecule has 0 aliphatic carbocycles. The van der Waals surface area contributed by atoms with Crippen LogP contribution < -0.4 is 10.1 Å². The third-order valence-corrected chi connectivity index (χ3v) is 2.92. The molecule has 0 amide bonds. The van der Waals surface area contributed by atoms with Crippen LogP contribution in [0.1, 0.15) is 24.1 Å². The summed E-state index contributed by atoms with van der Waals surface area (Å²) < 4.78 is 5.67. The quantitative estimate of drug-likeness (QED) is 0.859. The van der Waals surface area contributed by atoms with Crippen LogP contribution >= 0.6 is 0 Å². The largest absolute Gasteiger partial charge is 0.477 e. The van der Waals surface area contributed by atoms with Gasteiger partial charge < -0.3 is 10.1 Å². The first-order valence-electron chi connectivity index (χ1n) is 6.00. The molecule has 4 heteroatoms. The Morgan fingerprint density at radius 2 is 2.47 bits per heavy atom. The van der Waals surface area contributed by atoms with Crippen molar-refractivity contribution in [3.8, 4) is 11.9 Å². The first-order valence-corrected chi connectivity index (χ1v) is 6.00. The molecule has 90 valence electrons. The molecule has 2 heterocycles. The van der Waals surface area contributed by atoms with Gasteiger partial charge in [-0.1, -0.05) is 0 Å². The fourth-order valence-electron chi connectivity index (χ4n) is 2.05. The molecule has 0 radical (unpaired) electrons. The van der Waals surface area contributed by atoms with E-state index >= 15 is 0 Å². The van der Waals surface area contributed by atoms with Crippen LogP contribution in [0.25, 0.3) is 0 Å². The highest BCUT2D eigenvalue weighted by Crippen LogP contribution is 2.15. The average Bonchev–Trinajstić information content (AvgIpc) is 2.37. The molecule has 4 nitrogen and oxygen atoms in total. The molecule has 1 saturated heterocycles. The molecular formula is C13H17N3O. The minimum Gasteiger partial charge on any atom is -0.477 e. The highest BCUT2D eigenvalue weighted by atomic mass is 16.5. The summed E-state index contributed by atoms with van der Waals surface area (Å²) in [5.74, 6) is 1.11. The van der Waals surface area contributed by atoms with E-state index in [1.165, 1.54) is 12.8 Å². The van der Waals surface area contributed by atoms with E-state index in [9.17, 15) is 0 Å². The average molecular weight is 231 g/mol. The number of ether oxygens (including phenoxy) is 1. The van der Waals surface area contributed by atoms with Crippen LogP contribution in [0.15, 0.2) is 12.1 Å². The van der Waals surface area contributed by atoms with Gasteiger partial charge in [0.1, 0.15) is 0 Å². The molecule has 0 saturated carbocycles. The second-order valence-corrected chi connectivity index (χ2v) is 4.47. The van der Waals surface area contributed by atoms with E-state index in [-0.39, 0.29) is 0 Å². The summed E-state index contributed by atoms with van der Waals surface area (Å²) in [5.41, 5.74) is 1.43.